The number of aryl methyl sites for hydroxylation is 1. The van der Waals surface area contributed by atoms with E-state index in [9.17, 15) is 0 Å². The van der Waals surface area contributed by atoms with E-state index in [4.69, 9.17) is 4.52 Å². The Hall–Kier alpha value is -1.76. The fourth-order valence-electron chi connectivity index (χ4n) is 2.64. The van der Waals surface area contributed by atoms with Gasteiger partial charge < -0.3 is 4.52 Å². The summed E-state index contributed by atoms with van der Waals surface area (Å²) in [4.78, 5) is 10.6. The van der Waals surface area contributed by atoms with Crippen LogP contribution >= 0.6 is 0 Å². The fourth-order valence-corrected chi connectivity index (χ4v) is 2.64. The second-order valence-corrected chi connectivity index (χ2v) is 5.09. The van der Waals surface area contributed by atoms with E-state index in [1.54, 1.807) is 12.7 Å². The molecule has 3 heterocycles. The molecule has 0 spiro atoms. The van der Waals surface area contributed by atoms with Crippen molar-refractivity contribution in [3.63, 3.8) is 0 Å². The first-order valence-electron chi connectivity index (χ1n) is 6.63. The third kappa shape index (κ3) is 3.17. The zero-order valence-electron chi connectivity index (χ0n) is 11.1. The number of piperidine rings is 1. The molecule has 1 saturated heterocycles. The molecule has 2 aromatic rings. The molecule has 0 radical (unpaired) electrons. The summed E-state index contributed by atoms with van der Waals surface area (Å²) in [6.07, 6.45) is 5.81. The minimum absolute atomic E-state index is 0.614. The smallest absolute Gasteiger partial charge is 0.223 e. The van der Waals surface area contributed by atoms with Crippen LogP contribution in [0.25, 0.3) is 0 Å². The van der Waals surface area contributed by atoms with Gasteiger partial charge in [0.1, 0.15) is 12.7 Å². The van der Waals surface area contributed by atoms with E-state index in [-0.39, 0.29) is 0 Å². The Labute approximate surface area is 111 Å². The van der Waals surface area contributed by atoms with Crippen molar-refractivity contribution in [1.82, 2.24) is 29.8 Å². The third-order valence-electron chi connectivity index (χ3n) is 3.45. The highest BCUT2D eigenvalue weighted by Gasteiger charge is 2.21. The van der Waals surface area contributed by atoms with E-state index in [1.807, 2.05) is 11.6 Å². The van der Waals surface area contributed by atoms with Gasteiger partial charge in [0.05, 0.1) is 6.54 Å². The minimum atomic E-state index is 0.614. The van der Waals surface area contributed by atoms with Gasteiger partial charge >= 0.3 is 0 Å². The largest absolute Gasteiger partial charge is 0.340 e. The van der Waals surface area contributed by atoms with Crippen molar-refractivity contribution in [2.24, 2.45) is 5.92 Å². The summed E-state index contributed by atoms with van der Waals surface area (Å²) in [6, 6.07) is 0. The molecule has 3 rings (SSSR count). The molecular formula is C12H18N6O. The molecule has 1 unspecified atom stereocenters. The molecule has 0 N–H and O–H groups in total. The standard InChI is InChI=1S/C12H18N6O/c1-10-15-12(16-19-10)7-17-4-2-3-11(5-17)6-18-9-13-8-14-18/h8-9,11H,2-7H2,1H3. The molecule has 1 aliphatic rings. The molecule has 0 aliphatic carbocycles. The predicted molar refractivity (Wildman–Crippen MR) is 67.1 cm³/mol. The zero-order chi connectivity index (χ0) is 13.1. The van der Waals surface area contributed by atoms with E-state index >= 15 is 0 Å². The molecule has 1 atom stereocenters. The SMILES string of the molecule is Cc1nc(CN2CCCC(Cn3cncn3)C2)no1. The van der Waals surface area contributed by atoms with E-state index in [0.717, 1.165) is 32.0 Å². The molecule has 1 aliphatic heterocycles. The number of hydrogen-bond acceptors (Lipinski definition) is 6. The molecule has 0 amide bonds. The molecule has 19 heavy (non-hydrogen) atoms. The summed E-state index contributed by atoms with van der Waals surface area (Å²) in [5.41, 5.74) is 0. The molecule has 0 bridgehead atoms. The van der Waals surface area contributed by atoms with Crippen LogP contribution in [0.1, 0.15) is 24.6 Å². The molecule has 102 valence electrons. The van der Waals surface area contributed by atoms with Crippen molar-refractivity contribution in [3.05, 3.63) is 24.4 Å². The number of aromatic nitrogens is 5. The fraction of sp³-hybridized carbons (Fsp3) is 0.667. The number of nitrogens with zero attached hydrogens (tertiary/aromatic N) is 6. The van der Waals surface area contributed by atoms with Crippen molar-refractivity contribution in [3.8, 4) is 0 Å². The zero-order valence-corrected chi connectivity index (χ0v) is 11.1. The first-order valence-corrected chi connectivity index (χ1v) is 6.63. The summed E-state index contributed by atoms with van der Waals surface area (Å²) in [5, 5.41) is 8.13. The molecule has 1 fully saturated rings. The van der Waals surface area contributed by atoms with E-state index in [2.05, 4.69) is 25.1 Å². The van der Waals surface area contributed by atoms with Crippen LogP contribution in [-0.2, 0) is 13.1 Å². The van der Waals surface area contributed by atoms with Crippen LogP contribution < -0.4 is 0 Å². The van der Waals surface area contributed by atoms with Crippen LogP contribution in [0.4, 0.5) is 0 Å². The van der Waals surface area contributed by atoms with E-state index in [1.165, 1.54) is 12.8 Å². The monoisotopic (exact) mass is 262 g/mol. The van der Waals surface area contributed by atoms with Gasteiger partial charge in [0, 0.05) is 20.0 Å². The van der Waals surface area contributed by atoms with Crippen molar-refractivity contribution < 1.29 is 4.52 Å². The number of rotatable bonds is 4. The van der Waals surface area contributed by atoms with Gasteiger partial charge in [-0.3, -0.25) is 9.58 Å². The summed E-state index contributed by atoms with van der Waals surface area (Å²) in [7, 11) is 0. The molecule has 0 aromatic carbocycles. The van der Waals surface area contributed by atoms with Crippen LogP contribution in [0.15, 0.2) is 17.2 Å². The maximum atomic E-state index is 5.01. The van der Waals surface area contributed by atoms with Crippen LogP contribution in [0, 0.1) is 12.8 Å². The highest BCUT2D eigenvalue weighted by Crippen LogP contribution is 2.19. The van der Waals surface area contributed by atoms with Crippen molar-refractivity contribution >= 4 is 0 Å². The maximum Gasteiger partial charge on any atom is 0.223 e. The maximum absolute atomic E-state index is 5.01. The normalized spacial score (nSPS) is 20.8. The molecule has 7 nitrogen and oxygen atoms in total. The Kier molecular flexibility index (Phi) is 3.54. The van der Waals surface area contributed by atoms with Gasteiger partial charge in [-0.05, 0) is 25.3 Å². The van der Waals surface area contributed by atoms with Gasteiger partial charge in [0.2, 0.25) is 5.89 Å². The predicted octanol–water partition coefficient (Wildman–Crippen LogP) is 0.882. The molecular weight excluding hydrogens is 244 g/mol. The molecule has 7 heteroatoms. The van der Waals surface area contributed by atoms with Crippen molar-refractivity contribution in [2.75, 3.05) is 13.1 Å². The average molecular weight is 262 g/mol. The Morgan fingerprint density at radius 3 is 3.16 bits per heavy atom. The van der Waals surface area contributed by atoms with E-state index in [0.29, 0.717) is 11.8 Å². The second kappa shape index (κ2) is 5.48. The summed E-state index contributed by atoms with van der Waals surface area (Å²) >= 11 is 0. The lowest BCUT2D eigenvalue weighted by atomic mass is 9.98. The summed E-state index contributed by atoms with van der Waals surface area (Å²) < 4.78 is 6.92. The van der Waals surface area contributed by atoms with Gasteiger partial charge in [-0.15, -0.1) is 0 Å². The lowest BCUT2D eigenvalue weighted by Gasteiger charge is -2.31. The highest BCUT2D eigenvalue weighted by molar-refractivity contribution is 4.85. The van der Waals surface area contributed by atoms with Crippen molar-refractivity contribution in [2.45, 2.75) is 32.9 Å². The quantitative estimate of drug-likeness (QED) is 0.814. The lowest BCUT2D eigenvalue weighted by molar-refractivity contribution is 0.149. The molecule has 2 aromatic heterocycles. The average Bonchev–Trinajstić information content (AvgIpc) is 3.02. The van der Waals surface area contributed by atoms with E-state index < -0.39 is 0 Å². The van der Waals surface area contributed by atoms with Gasteiger partial charge in [-0.1, -0.05) is 5.16 Å². The number of likely N-dealkylation sites (tertiary alicyclic amines) is 1. The Bertz CT molecular complexity index is 508. The highest BCUT2D eigenvalue weighted by atomic mass is 16.5. The van der Waals surface area contributed by atoms with Gasteiger partial charge in [-0.2, -0.15) is 10.1 Å². The Morgan fingerprint density at radius 1 is 1.47 bits per heavy atom. The van der Waals surface area contributed by atoms with Crippen LogP contribution in [0.3, 0.4) is 0 Å². The van der Waals surface area contributed by atoms with Crippen molar-refractivity contribution in [1.29, 1.82) is 0 Å². The van der Waals surface area contributed by atoms with Crippen LogP contribution in [0.5, 0.6) is 0 Å². The van der Waals surface area contributed by atoms with Gasteiger partial charge in [0.15, 0.2) is 5.82 Å². The minimum Gasteiger partial charge on any atom is -0.340 e. The summed E-state index contributed by atoms with van der Waals surface area (Å²) in [5.74, 6) is 2.02. The Balaban J connectivity index is 1.55. The lowest BCUT2D eigenvalue weighted by Crippen LogP contribution is -2.36. The van der Waals surface area contributed by atoms with Gasteiger partial charge in [0.25, 0.3) is 0 Å². The summed E-state index contributed by atoms with van der Waals surface area (Å²) in [6.45, 7) is 5.67. The first kappa shape index (κ1) is 12.3. The number of hydrogen-bond donors (Lipinski definition) is 0. The molecule has 0 saturated carbocycles. The van der Waals surface area contributed by atoms with Crippen LogP contribution in [0.2, 0.25) is 0 Å². The second-order valence-electron chi connectivity index (χ2n) is 5.09. The van der Waals surface area contributed by atoms with Crippen LogP contribution in [-0.4, -0.2) is 42.9 Å². The van der Waals surface area contributed by atoms with Gasteiger partial charge in [-0.25, -0.2) is 4.98 Å². The Morgan fingerprint density at radius 2 is 2.42 bits per heavy atom. The topological polar surface area (TPSA) is 72.9 Å². The first-order chi connectivity index (χ1) is 9.29. The third-order valence-corrected chi connectivity index (χ3v) is 3.45.